The molecule has 5 rings (SSSR count). The molecule has 0 spiro atoms. The van der Waals surface area contributed by atoms with Crippen molar-refractivity contribution >= 4 is 5.91 Å². The van der Waals surface area contributed by atoms with Crippen molar-refractivity contribution in [1.82, 2.24) is 14.7 Å². The molecule has 2 saturated heterocycles. The van der Waals surface area contributed by atoms with Gasteiger partial charge in [-0.3, -0.25) is 14.6 Å². The van der Waals surface area contributed by atoms with Gasteiger partial charge in [-0.05, 0) is 43.1 Å². The Labute approximate surface area is 220 Å². The zero-order valence-corrected chi connectivity index (χ0v) is 21.6. The highest BCUT2D eigenvalue weighted by atomic mass is 16.5. The number of likely N-dealkylation sites (tertiary alicyclic amines) is 1. The molecule has 0 saturated carbocycles. The second kappa shape index (κ2) is 11.8. The van der Waals surface area contributed by atoms with Crippen molar-refractivity contribution in [3.05, 3.63) is 95.6 Å². The van der Waals surface area contributed by atoms with Crippen molar-refractivity contribution in [2.75, 3.05) is 46.4 Å². The standard InChI is InChI=1S/C31H37N3O3/c1-37-28-14-8-13-27(30(28)35)23-32-17-15-26(16-18-32)31(36)34-21-19-33(20-22-34)29(24-9-4-2-5-10-24)25-11-6-3-7-12-25/h2-14,26,29,35H,15-23H2,1H3. The van der Waals surface area contributed by atoms with Gasteiger partial charge in [0.1, 0.15) is 0 Å². The summed E-state index contributed by atoms with van der Waals surface area (Å²) in [7, 11) is 1.57. The second-order valence-electron chi connectivity index (χ2n) is 10.1. The number of hydrogen-bond acceptors (Lipinski definition) is 5. The number of nitrogens with zero attached hydrogens (tertiary/aromatic N) is 3. The number of rotatable bonds is 7. The van der Waals surface area contributed by atoms with E-state index < -0.39 is 0 Å². The quantitative estimate of drug-likeness (QED) is 0.517. The summed E-state index contributed by atoms with van der Waals surface area (Å²) in [6, 6.07) is 27.2. The van der Waals surface area contributed by atoms with Crippen LogP contribution in [-0.2, 0) is 11.3 Å². The van der Waals surface area contributed by atoms with Crippen molar-refractivity contribution in [2.24, 2.45) is 5.92 Å². The lowest BCUT2D eigenvalue weighted by atomic mass is 9.94. The van der Waals surface area contributed by atoms with Crippen molar-refractivity contribution in [3.8, 4) is 11.5 Å². The Morgan fingerprint density at radius 1 is 0.838 bits per heavy atom. The van der Waals surface area contributed by atoms with Gasteiger partial charge >= 0.3 is 0 Å². The third kappa shape index (κ3) is 5.81. The molecule has 0 atom stereocenters. The number of phenols is 1. The van der Waals surface area contributed by atoms with Gasteiger partial charge in [0.2, 0.25) is 5.91 Å². The van der Waals surface area contributed by atoms with Crippen LogP contribution in [0.5, 0.6) is 11.5 Å². The lowest BCUT2D eigenvalue weighted by Gasteiger charge is -2.41. The molecule has 3 aromatic rings. The summed E-state index contributed by atoms with van der Waals surface area (Å²) in [4.78, 5) is 20.3. The maximum atomic E-state index is 13.4. The van der Waals surface area contributed by atoms with E-state index in [0.29, 0.717) is 18.2 Å². The summed E-state index contributed by atoms with van der Waals surface area (Å²) in [5.41, 5.74) is 3.46. The fourth-order valence-electron chi connectivity index (χ4n) is 5.78. The summed E-state index contributed by atoms with van der Waals surface area (Å²) in [5, 5.41) is 10.4. The number of phenolic OH excluding ortho intramolecular Hbond substituents is 1. The number of piperidine rings is 1. The monoisotopic (exact) mass is 499 g/mol. The number of aromatic hydroxyl groups is 1. The van der Waals surface area contributed by atoms with Crippen molar-refractivity contribution in [3.63, 3.8) is 0 Å². The third-order valence-electron chi connectivity index (χ3n) is 7.85. The number of carbonyl (C=O) groups is 1. The molecule has 2 fully saturated rings. The first-order valence-electron chi connectivity index (χ1n) is 13.3. The lowest BCUT2D eigenvalue weighted by molar-refractivity contribution is -0.139. The Morgan fingerprint density at radius 2 is 1.43 bits per heavy atom. The molecule has 2 aliphatic rings. The molecule has 194 valence electrons. The highest BCUT2D eigenvalue weighted by Gasteiger charge is 2.33. The van der Waals surface area contributed by atoms with Crippen LogP contribution < -0.4 is 4.74 Å². The average Bonchev–Trinajstić information content (AvgIpc) is 2.96. The topological polar surface area (TPSA) is 56.2 Å². The van der Waals surface area contributed by atoms with Crippen LogP contribution in [0.25, 0.3) is 0 Å². The van der Waals surface area contributed by atoms with Crippen molar-refractivity contribution in [2.45, 2.75) is 25.4 Å². The van der Waals surface area contributed by atoms with E-state index in [9.17, 15) is 9.90 Å². The number of carbonyl (C=O) groups excluding carboxylic acids is 1. The minimum Gasteiger partial charge on any atom is -0.504 e. The van der Waals surface area contributed by atoms with Gasteiger partial charge < -0.3 is 14.7 Å². The van der Waals surface area contributed by atoms with E-state index in [1.165, 1.54) is 11.1 Å². The molecule has 0 unspecified atom stereocenters. The molecule has 0 bridgehead atoms. The fraction of sp³-hybridized carbons (Fsp3) is 0.387. The number of benzene rings is 3. The normalized spacial score (nSPS) is 17.7. The summed E-state index contributed by atoms with van der Waals surface area (Å²) in [6.07, 6.45) is 1.72. The Morgan fingerprint density at radius 3 is 2.00 bits per heavy atom. The number of piperazine rings is 1. The smallest absolute Gasteiger partial charge is 0.225 e. The number of amides is 1. The van der Waals surface area contributed by atoms with Crippen LogP contribution in [0.4, 0.5) is 0 Å². The van der Waals surface area contributed by atoms with Gasteiger partial charge in [0.25, 0.3) is 0 Å². The zero-order valence-electron chi connectivity index (χ0n) is 21.6. The molecule has 3 aromatic carbocycles. The van der Waals surface area contributed by atoms with Gasteiger partial charge in [-0.25, -0.2) is 0 Å². The van der Waals surface area contributed by atoms with Gasteiger partial charge in [0.15, 0.2) is 11.5 Å². The van der Waals surface area contributed by atoms with E-state index in [-0.39, 0.29) is 17.7 Å². The average molecular weight is 500 g/mol. The summed E-state index contributed by atoms with van der Waals surface area (Å²) in [6.45, 7) is 5.67. The molecular formula is C31H37N3O3. The van der Waals surface area contributed by atoms with Gasteiger partial charge in [-0.2, -0.15) is 0 Å². The van der Waals surface area contributed by atoms with Crippen LogP contribution in [0, 0.1) is 5.92 Å². The molecule has 6 heteroatoms. The summed E-state index contributed by atoms with van der Waals surface area (Å²) >= 11 is 0. The maximum absolute atomic E-state index is 13.4. The molecule has 0 aromatic heterocycles. The van der Waals surface area contributed by atoms with Crippen LogP contribution in [0.2, 0.25) is 0 Å². The molecule has 0 radical (unpaired) electrons. The maximum Gasteiger partial charge on any atom is 0.225 e. The first-order chi connectivity index (χ1) is 18.1. The van der Waals surface area contributed by atoms with Crippen LogP contribution >= 0.6 is 0 Å². The third-order valence-corrected chi connectivity index (χ3v) is 7.85. The van der Waals surface area contributed by atoms with Crippen LogP contribution in [0.1, 0.15) is 35.6 Å². The predicted octanol–water partition coefficient (Wildman–Crippen LogP) is 4.55. The van der Waals surface area contributed by atoms with E-state index >= 15 is 0 Å². The Kier molecular flexibility index (Phi) is 8.07. The fourth-order valence-corrected chi connectivity index (χ4v) is 5.78. The minimum atomic E-state index is 0.0840. The van der Waals surface area contributed by atoms with E-state index in [0.717, 1.165) is 57.7 Å². The SMILES string of the molecule is COc1cccc(CN2CCC(C(=O)N3CCN(C(c4ccccc4)c4ccccc4)CC3)CC2)c1O. The molecule has 1 amide bonds. The Bertz CT molecular complexity index is 1120. The van der Waals surface area contributed by atoms with E-state index in [1.54, 1.807) is 13.2 Å². The lowest BCUT2D eigenvalue weighted by Crippen LogP contribution is -2.52. The highest BCUT2D eigenvalue weighted by molar-refractivity contribution is 5.79. The van der Waals surface area contributed by atoms with Crippen LogP contribution in [-0.4, -0.2) is 72.1 Å². The number of ether oxygens (including phenoxy) is 1. The van der Waals surface area contributed by atoms with Crippen LogP contribution in [0.15, 0.2) is 78.9 Å². The number of methoxy groups -OCH3 is 1. The zero-order chi connectivity index (χ0) is 25.6. The Balaban J connectivity index is 1.16. The van der Waals surface area contributed by atoms with Crippen LogP contribution in [0.3, 0.4) is 0 Å². The van der Waals surface area contributed by atoms with E-state index in [2.05, 4.69) is 75.4 Å². The molecule has 37 heavy (non-hydrogen) atoms. The second-order valence-corrected chi connectivity index (χ2v) is 10.1. The molecule has 6 nitrogen and oxygen atoms in total. The first-order valence-corrected chi connectivity index (χ1v) is 13.3. The number of hydrogen-bond donors (Lipinski definition) is 1. The molecule has 1 N–H and O–H groups in total. The van der Waals surface area contributed by atoms with Crippen molar-refractivity contribution < 1.29 is 14.6 Å². The number of para-hydroxylation sites is 1. The molecule has 0 aliphatic carbocycles. The summed E-state index contributed by atoms with van der Waals surface area (Å²) in [5.74, 6) is 1.11. The van der Waals surface area contributed by atoms with E-state index in [1.807, 2.05) is 12.1 Å². The van der Waals surface area contributed by atoms with E-state index in [4.69, 9.17) is 4.74 Å². The van der Waals surface area contributed by atoms with Gasteiger partial charge in [0.05, 0.1) is 13.2 Å². The highest BCUT2D eigenvalue weighted by Crippen LogP contribution is 2.32. The molecule has 2 aliphatic heterocycles. The van der Waals surface area contributed by atoms with Gasteiger partial charge in [-0.1, -0.05) is 72.8 Å². The first kappa shape index (κ1) is 25.3. The van der Waals surface area contributed by atoms with Gasteiger partial charge in [-0.15, -0.1) is 0 Å². The molecule has 2 heterocycles. The van der Waals surface area contributed by atoms with Gasteiger partial charge in [0, 0.05) is 44.2 Å². The predicted molar refractivity (Wildman–Crippen MR) is 146 cm³/mol. The molecular weight excluding hydrogens is 462 g/mol. The summed E-state index contributed by atoms with van der Waals surface area (Å²) < 4.78 is 5.24. The van der Waals surface area contributed by atoms with Crippen molar-refractivity contribution in [1.29, 1.82) is 0 Å². The minimum absolute atomic E-state index is 0.0840. The Hall–Kier alpha value is -3.35. The largest absolute Gasteiger partial charge is 0.504 e.